The first kappa shape index (κ1) is 24.5. The fourth-order valence-electron chi connectivity index (χ4n) is 4.78. The van der Waals surface area contributed by atoms with Gasteiger partial charge in [-0.3, -0.25) is 4.79 Å². The predicted molar refractivity (Wildman–Crippen MR) is 137 cm³/mol. The number of ether oxygens (including phenoxy) is 1. The lowest BCUT2D eigenvalue weighted by molar-refractivity contribution is 0.0992. The summed E-state index contributed by atoms with van der Waals surface area (Å²) < 4.78 is 41.3. The molecule has 9 nitrogen and oxygen atoms in total. The van der Waals surface area contributed by atoms with E-state index in [9.17, 15) is 13.6 Å². The number of nitrogens with one attached hydrogen (secondary N) is 1. The number of alkyl halides is 1. The van der Waals surface area contributed by atoms with Gasteiger partial charge in [0.25, 0.3) is 5.91 Å². The Morgan fingerprint density at radius 2 is 1.97 bits per heavy atom. The summed E-state index contributed by atoms with van der Waals surface area (Å²) >= 11 is 0. The number of anilines is 2. The van der Waals surface area contributed by atoms with Gasteiger partial charge in [0.05, 0.1) is 30.5 Å². The van der Waals surface area contributed by atoms with Gasteiger partial charge in [-0.2, -0.15) is 4.52 Å². The standard InChI is InChI=1S/C27H28F2N6O3/c1-3-22-32-23-11-17(12-24(35(23)33-22)34-6-8-37-9-7-34)18-13-20(19(29)10-16(18)2)31-25(36)21-14-30-26(38-21)27(15-28)4-5-27/h10-14H,3-9,15H2,1-2H3,(H,31,36). The average molecular weight is 523 g/mol. The minimum absolute atomic E-state index is 0.00341. The van der Waals surface area contributed by atoms with Crippen LogP contribution in [0.1, 0.15) is 47.6 Å². The van der Waals surface area contributed by atoms with Crippen LogP contribution < -0.4 is 10.2 Å². The summed E-state index contributed by atoms with van der Waals surface area (Å²) in [6.45, 7) is 5.89. The number of pyridine rings is 1. The Balaban J connectivity index is 1.35. The van der Waals surface area contributed by atoms with Crippen LogP contribution in [-0.4, -0.2) is 58.5 Å². The van der Waals surface area contributed by atoms with Crippen LogP contribution in [0.25, 0.3) is 16.8 Å². The number of morpholine rings is 1. The van der Waals surface area contributed by atoms with Crippen molar-refractivity contribution in [2.75, 3.05) is 43.2 Å². The van der Waals surface area contributed by atoms with Crippen molar-refractivity contribution in [1.82, 2.24) is 19.6 Å². The van der Waals surface area contributed by atoms with Crippen LogP contribution >= 0.6 is 0 Å². The van der Waals surface area contributed by atoms with E-state index in [0.29, 0.717) is 56.8 Å². The maximum Gasteiger partial charge on any atom is 0.293 e. The Hall–Kier alpha value is -3.86. The number of aryl methyl sites for hydroxylation is 2. The molecule has 1 saturated carbocycles. The monoisotopic (exact) mass is 522 g/mol. The van der Waals surface area contributed by atoms with E-state index in [-0.39, 0.29) is 17.3 Å². The topological polar surface area (TPSA) is 97.8 Å². The molecule has 38 heavy (non-hydrogen) atoms. The first-order valence-electron chi connectivity index (χ1n) is 12.8. The van der Waals surface area contributed by atoms with Gasteiger partial charge in [0.1, 0.15) is 18.3 Å². The minimum atomic E-state index is -0.725. The number of oxazole rings is 1. The van der Waals surface area contributed by atoms with Crippen molar-refractivity contribution in [3.8, 4) is 11.1 Å². The summed E-state index contributed by atoms with van der Waals surface area (Å²) in [6.07, 6.45) is 3.21. The SMILES string of the molecule is CCc1nc2cc(-c3cc(NC(=O)c4cnc(C5(CF)CC5)o4)c(F)cc3C)cc(N3CCOCC3)n2n1. The Labute approximate surface area is 217 Å². The summed E-state index contributed by atoms with van der Waals surface area (Å²) in [5.41, 5.74) is 2.23. The van der Waals surface area contributed by atoms with Crippen molar-refractivity contribution in [3.05, 3.63) is 59.3 Å². The average Bonchev–Trinajstić information content (AvgIpc) is 3.36. The fraction of sp³-hybridized carbons (Fsp3) is 0.407. The van der Waals surface area contributed by atoms with E-state index in [4.69, 9.17) is 9.15 Å². The zero-order chi connectivity index (χ0) is 26.4. The van der Waals surface area contributed by atoms with Crippen LogP contribution in [0.2, 0.25) is 0 Å². The molecule has 1 aliphatic carbocycles. The molecule has 6 rings (SSSR count). The number of carbonyl (C=O) groups excluding carboxylic acids is 1. The molecule has 1 N–H and O–H groups in total. The summed E-state index contributed by atoms with van der Waals surface area (Å²) in [5.74, 6) is 0.492. The van der Waals surface area contributed by atoms with Crippen LogP contribution in [0.3, 0.4) is 0 Å². The van der Waals surface area contributed by atoms with Gasteiger partial charge in [-0.1, -0.05) is 6.92 Å². The third kappa shape index (κ3) is 4.30. The second kappa shape index (κ2) is 9.46. The molecule has 0 spiro atoms. The molecule has 11 heteroatoms. The second-order valence-corrected chi connectivity index (χ2v) is 9.90. The normalized spacial score (nSPS) is 16.7. The lowest BCUT2D eigenvalue weighted by atomic mass is 9.99. The number of aromatic nitrogens is 4. The molecule has 1 amide bonds. The molecule has 4 aromatic rings. The van der Waals surface area contributed by atoms with Crippen LogP contribution in [0.5, 0.6) is 0 Å². The highest BCUT2D eigenvalue weighted by Crippen LogP contribution is 2.48. The van der Waals surface area contributed by atoms with Gasteiger partial charge >= 0.3 is 0 Å². The molecule has 0 bridgehead atoms. The number of benzene rings is 1. The molecule has 1 aromatic carbocycles. The van der Waals surface area contributed by atoms with Gasteiger partial charge in [-0.05, 0) is 60.7 Å². The molecule has 4 heterocycles. The molecular weight excluding hydrogens is 494 g/mol. The molecule has 0 radical (unpaired) electrons. The Morgan fingerprint density at radius 3 is 2.68 bits per heavy atom. The molecule has 2 aliphatic rings. The first-order valence-corrected chi connectivity index (χ1v) is 12.8. The molecule has 3 aromatic heterocycles. The van der Waals surface area contributed by atoms with Crippen LogP contribution in [0.4, 0.5) is 20.3 Å². The number of nitrogens with zero attached hydrogens (tertiary/aromatic N) is 5. The smallest absolute Gasteiger partial charge is 0.293 e. The van der Waals surface area contributed by atoms with E-state index < -0.39 is 23.8 Å². The summed E-state index contributed by atoms with van der Waals surface area (Å²) in [4.78, 5) is 23.8. The van der Waals surface area contributed by atoms with Gasteiger partial charge in [-0.25, -0.2) is 18.7 Å². The number of hydrogen-bond donors (Lipinski definition) is 1. The maximum absolute atomic E-state index is 15.0. The molecule has 198 valence electrons. The third-order valence-electron chi connectivity index (χ3n) is 7.28. The van der Waals surface area contributed by atoms with Gasteiger partial charge in [0.15, 0.2) is 11.5 Å². The first-order chi connectivity index (χ1) is 18.4. The molecule has 0 unspecified atom stereocenters. The van der Waals surface area contributed by atoms with Crippen molar-refractivity contribution in [1.29, 1.82) is 0 Å². The Morgan fingerprint density at radius 1 is 1.18 bits per heavy atom. The third-order valence-corrected chi connectivity index (χ3v) is 7.28. The van der Waals surface area contributed by atoms with Gasteiger partial charge < -0.3 is 19.4 Å². The van der Waals surface area contributed by atoms with Gasteiger partial charge in [0, 0.05) is 19.5 Å². The highest BCUT2D eigenvalue weighted by Gasteiger charge is 2.49. The number of carbonyl (C=O) groups is 1. The second-order valence-electron chi connectivity index (χ2n) is 9.90. The highest BCUT2D eigenvalue weighted by molar-refractivity contribution is 6.02. The number of fused-ring (bicyclic) bond motifs is 1. The van der Waals surface area contributed by atoms with Crippen molar-refractivity contribution < 1.29 is 22.7 Å². The van der Waals surface area contributed by atoms with Crippen LogP contribution in [0, 0.1) is 12.7 Å². The van der Waals surface area contributed by atoms with E-state index in [0.717, 1.165) is 22.8 Å². The van der Waals surface area contributed by atoms with Crippen molar-refractivity contribution >= 4 is 23.1 Å². The van der Waals surface area contributed by atoms with Gasteiger partial charge in [0.2, 0.25) is 11.7 Å². The lowest BCUT2D eigenvalue weighted by Crippen LogP contribution is -2.37. The maximum atomic E-state index is 15.0. The molecule has 1 aliphatic heterocycles. The number of rotatable bonds is 7. The van der Waals surface area contributed by atoms with E-state index in [2.05, 4.69) is 25.3 Å². The molecule has 2 fully saturated rings. The number of amides is 1. The highest BCUT2D eigenvalue weighted by atomic mass is 19.1. The Kier molecular flexibility index (Phi) is 6.10. The predicted octanol–water partition coefficient (Wildman–Crippen LogP) is 4.48. The van der Waals surface area contributed by atoms with E-state index in [1.807, 2.05) is 30.5 Å². The fourth-order valence-corrected chi connectivity index (χ4v) is 4.78. The van der Waals surface area contributed by atoms with Crippen LogP contribution in [0.15, 0.2) is 34.9 Å². The minimum Gasteiger partial charge on any atom is -0.435 e. The largest absolute Gasteiger partial charge is 0.435 e. The molecule has 0 atom stereocenters. The molecule has 1 saturated heterocycles. The molecular formula is C27H28F2N6O3. The Bertz CT molecular complexity index is 1520. The van der Waals surface area contributed by atoms with Crippen LogP contribution in [-0.2, 0) is 16.6 Å². The van der Waals surface area contributed by atoms with Crippen molar-refractivity contribution in [2.24, 2.45) is 0 Å². The quantitative estimate of drug-likeness (QED) is 0.382. The summed E-state index contributed by atoms with van der Waals surface area (Å²) in [6, 6.07) is 6.92. The van der Waals surface area contributed by atoms with E-state index in [1.54, 1.807) is 6.07 Å². The van der Waals surface area contributed by atoms with Gasteiger partial charge in [-0.15, -0.1) is 5.10 Å². The van der Waals surface area contributed by atoms with Crippen molar-refractivity contribution in [3.63, 3.8) is 0 Å². The van der Waals surface area contributed by atoms with E-state index in [1.165, 1.54) is 12.3 Å². The lowest BCUT2D eigenvalue weighted by Gasteiger charge is -2.29. The zero-order valence-electron chi connectivity index (χ0n) is 21.3. The summed E-state index contributed by atoms with van der Waals surface area (Å²) in [5, 5.41) is 7.26. The van der Waals surface area contributed by atoms with E-state index >= 15 is 0 Å². The summed E-state index contributed by atoms with van der Waals surface area (Å²) in [7, 11) is 0. The van der Waals surface area contributed by atoms with Crippen molar-refractivity contribution in [2.45, 2.75) is 38.5 Å². The number of halogens is 2. The zero-order valence-corrected chi connectivity index (χ0v) is 21.3. The number of hydrogen-bond acceptors (Lipinski definition) is 7.